The fourth-order valence-electron chi connectivity index (χ4n) is 2.65. The second kappa shape index (κ2) is 6.89. The number of carbonyl (C=O) groups is 2. The molecule has 1 aromatic carbocycles. The van der Waals surface area contributed by atoms with Crippen LogP contribution in [0.25, 0.3) is 0 Å². The van der Waals surface area contributed by atoms with Gasteiger partial charge in [0.25, 0.3) is 0 Å². The average Bonchev–Trinajstić information content (AvgIpc) is 2.48. The molecule has 1 unspecified atom stereocenters. The molecule has 0 aromatic heterocycles. The number of anilines is 1. The van der Waals surface area contributed by atoms with E-state index in [1.54, 1.807) is 42.0 Å². The standard InChI is InChI=1S/C17H24ClN3O3/c1-11-15(22)21(13-10-12(18)6-7-14(13)24-5)9-8-20(11)16(23)19-17(2,3)4/h6-7,10-11H,8-9H2,1-5H3,(H,19,23). The van der Waals surface area contributed by atoms with E-state index < -0.39 is 6.04 Å². The Kier molecular flexibility index (Phi) is 5.28. The Labute approximate surface area is 147 Å². The SMILES string of the molecule is COc1ccc(Cl)cc1N1CCN(C(=O)NC(C)(C)C)C(C)C1=O. The van der Waals surface area contributed by atoms with E-state index in [-0.39, 0.29) is 17.5 Å². The Hall–Kier alpha value is -1.95. The van der Waals surface area contributed by atoms with Crippen LogP contribution in [0.2, 0.25) is 5.02 Å². The van der Waals surface area contributed by atoms with Crippen LogP contribution >= 0.6 is 11.6 Å². The summed E-state index contributed by atoms with van der Waals surface area (Å²) in [7, 11) is 1.55. The molecule has 2 rings (SSSR count). The Morgan fingerprint density at radius 3 is 2.58 bits per heavy atom. The Morgan fingerprint density at radius 1 is 1.33 bits per heavy atom. The molecule has 0 radical (unpaired) electrons. The molecular weight excluding hydrogens is 330 g/mol. The van der Waals surface area contributed by atoms with Crippen LogP contribution in [0.4, 0.5) is 10.5 Å². The first-order chi connectivity index (χ1) is 11.1. The topological polar surface area (TPSA) is 61.9 Å². The maximum atomic E-state index is 12.8. The van der Waals surface area contributed by atoms with Crippen molar-refractivity contribution in [3.05, 3.63) is 23.2 Å². The average molecular weight is 354 g/mol. The molecule has 1 aromatic rings. The number of nitrogens with one attached hydrogen (secondary N) is 1. The summed E-state index contributed by atoms with van der Waals surface area (Å²) in [6, 6.07) is 4.35. The number of carbonyl (C=O) groups excluding carboxylic acids is 2. The summed E-state index contributed by atoms with van der Waals surface area (Å²) in [5, 5.41) is 3.42. The highest BCUT2D eigenvalue weighted by Crippen LogP contribution is 2.33. The summed E-state index contributed by atoms with van der Waals surface area (Å²) in [6.07, 6.45) is 0. The number of ether oxygens (including phenoxy) is 1. The van der Waals surface area contributed by atoms with E-state index in [4.69, 9.17) is 16.3 Å². The van der Waals surface area contributed by atoms with Gasteiger partial charge >= 0.3 is 6.03 Å². The van der Waals surface area contributed by atoms with E-state index in [1.165, 1.54) is 0 Å². The van der Waals surface area contributed by atoms with Gasteiger partial charge in [-0.15, -0.1) is 0 Å². The smallest absolute Gasteiger partial charge is 0.318 e. The first kappa shape index (κ1) is 18.4. The molecule has 7 heteroatoms. The highest BCUT2D eigenvalue weighted by molar-refractivity contribution is 6.31. The second-order valence-corrected chi connectivity index (χ2v) is 7.29. The van der Waals surface area contributed by atoms with Gasteiger partial charge in [-0.1, -0.05) is 11.6 Å². The Morgan fingerprint density at radius 2 is 2.00 bits per heavy atom. The van der Waals surface area contributed by atoms with E-state index in [1.807, 2.05) is 20.8 Å². The first-order valence-corrected chi connectivity index (χ1v) is 8.25. The third kappa shape index (κ3) is 3.93. The molecule has 1 aliphatic rings. The molecule has 1 saturated heterocycles. The van der Waals surface area contributed by atoms with Crippen LogP contribution in [-0.4, -0.2) is 48.6 Å². The lowest BCUT2D eigenvalue weighted by atomic mass is 10.1. The molecule has 24 heavy (non-hydrogen) atoms. The minimum Gasteiger partial charge on any atom is -0.495 e. The number of nitrogens with zero attached hydrogens (tertiary/aromatic N) is 2. The van der Waals surface area contributed by atoms with Crippen molar-refractivity contribution in [2.75, 3.05) is 25.1 Å². The van der Waals surface area contributed by atoms with Gasteiger partial charge in [-0.05, 0) is 45.9 Å². The van der Waals surface area contributed by atoms with E-state index >= 15 is 0 Å². The van der Waals surface area contributed by atoms with Crippen LogP contribution in [0.15, 0.2) is 18.2 Å². The third-order valence-electron chi connectivity index (χ3n) is 3.83. The van der Waals surface area contributed by atoms with Gasteiger partial charge < -0.3 is 19.9 Å². The van der Waals surface area contributed by atoms with E-state index in [0.717, 1.165) is 0 Å². The fourth-order valence-corrected chi connectivity index (χ4v) is 2.82. The van der Waals surface area contributed by atoms with Gasteiger partial charge in [0.2, 0.25) is 5.91 Å². The maximum absolute atomic E-state index is 12.8. The summed E-state index contributed by atoms with van der Waals surface area (Å²) >= 11 is 6.06. The zero-order valence-corrected chi connectivity index (χ0v) is 15.5. The van der Waals surface area contributed by atoms with Crippen LogP contribution in [0.1, 0.15) is 27.7 Å². The molecule has 0 spiro atoms. The molecule has 3 amide bonds. The molecule has 0 aliphatic carbocycles. The van der Waals surface area contributed by atoms with Gasteiger partial charge in [-0.2, -0.15) is 0 Å². The predicted octanol–water partition coefficient (Wildman–Crippen LogP) is 2.89. The number of piperazine rings is 1. The van der Waals surface area contributed by atoms with E-state index in [9.17, 15) is 9.59 Å². The number of halogens is 1. The number of urea groups is 1. The van der Waals surface area contributed by atoms with Gasteiger partial charge in [0.1, 0.15) is 11.8 Å². The Balaban J connectivity index is 2.21. The zero-order valence-electron chi connectivity index (χ0n) is 14.7. The van der Waals surface area contributed by atoms with Crippen molar-refractivity contribution in [3.63, 3.8) is 0 Å². The lowest BCUT2D eigenvalue weighted by molar-refractivity contribution is -0.124. The van der Waals surface area contributed by atoms with Gasteiger partial charge in [0.15, 0.2) is 0 Å². The van der Waals surface area contributed by atoms with Crippen molar-refractivity contribution in [1.82, 2.24) is 10.2 Å². The predicted molar refractivity (Wildman–Crippen MR) is 94.8 cm³/mol. The molecule has 1 fully saturated rings. The minimum absolute atomic E-state index is 0.161. The van der Waals surface area contributed by atoms with Gasteiger partial charge in [0, 0.05) is 23.7 Å². The van der Waals surface area contributed by atoms with Gasteiger partial charge in [-0.25, -0.2) is 4.79 Å². The second-order valence-electron chi connectivity index (χ2n) is 6.86. The summed E-state index contributed by atoms with van der Waals surface area (Å²) in [4.78, 5) is 28.4. The van der Waals surface area contributed by atoms with Gasteiger partial charge in [0.05, 0.1) is 12.8 Å². The fraction of sp³-hybridized carbons (Fsp3) is 0.529. The molecule has 0 saturated carbocycles. The first-order valence-electron chi connectivity index (χ1n) is 7.88. The normalized spacial score (nSPS) is 18.6. The van der Waals surface area contributed by atoms with Crippen molar-refractivity contribution in [3.8, 4) is 5.75 Å². The number of amides is 3. The van der Waals surface area contributed by atoms with E-state index in [0.29, 0.717) is 29.5 Å². The summed E-state index contributed by atoms with van der Waals surface area (Å²) < 4.78 is 5.33. The highest BCUT2D eigenvalue weighted by atomic mass is 35.5. The minimum atomic E-state index is -0.565. The van der Waals surface area contributed by atoms with Crippen molar-refractivity contribution in [1.29, 1.82) is 0 Å². The van der Waals surface area contributed by atoms with Crippen molar-refractivity contribution < 1.29 is 14.3 Å². The van der Waals surface area contributed by atoms with Crippen LogP contribution in [0.5, 0.6) is 5.75 Å². The maximum Gasteiger partial charge on any atom is 0.318 e. The number of methoxy groups -OCH3 is 1. The Bertz CT molecular complexity index is 642. The molecule has 0 bridgehead atoms. The number of hydrogen-bond donors (Lipinski definition) is 1. The molecule has 1 aliphatic heterocycles. The molecule has 1 atom stereocenters. The van der Waals surface area contributed by atoms with Crippen LogP contribution < -0.4 is 15.0 Å². The third-order valence-corrected chi connectivity index (χ3v) is 4.07. The lowest BCUT2D eigenvalue weighted by Crippen LogP contribution is -2.61. The summed E-state index contributed by atoms with van der Waals surface area (Å²) in [5.74, 6) is 0.415. The number of hydrogen-bond acceptors (Lipinski definition) is 3. The number of rotatable bonds is 2. The van der Waals surface area contributed by atoms with Crippen molar-refractivity contribution >= 4 is 29.2 Å². The largest absolute Gasteiger partial charge is 0.495 e. The van der Waals surface area contributed by atoms with E-state index in [2.05, 4.69) is 5.32 Å². The van der Waals surface area contributed by atoms with Crippen molar-refractivity contribution in [2.24, 2.45) is 0 Å². The van der Waals surface area contributed by atoms with Crippen LogP contribution in [0, 0.1) is 0 Å². The summed E-state index contributed by atoms with van der Waals surface area (Å²) in [6.45, 7) is 8.27. The molecule has 6 nitrogen and oxygen atoms in total. The molecule has 1 heterocycles. The van der Waals surface area contributed by atoms with Crippen LogP contribution in [-0.2, 0) is 4.79 Å². The lowest BCUT2D eigenvalue weighted by Gasteiger charge is -2.40. The zero-order chi connectivity index (χ0) is 18.1. The molecule has 132 valence electrons. The van der Waals surface area contributed by atoms with Gasteiger partial charge in [-0.3, -0.25) is 4.79 Å². The van der Waals surface area contributed by atoms with Crippen molar-refractivity contribution in [2.45, 2.75) is 39.3 Å². The molecule has 1 N–H and O–H groups in total. The van der Waals surface area contributed by atoms with Crippen LogP contribution in [0.3, 0.4) is 0 Å². The quantitative estimate of drug-likeness (QED) is 0.889. The number of benzene rings is 1. The highest BCUT2D eigenvalue weighted by Gasteiger charge is 2.36. The summed E-state index contributed by atoms with van der Waals surface area (Å²) in [5.41, 5.74) is 0.269. The molecular formula is C17H24ClN3O3. The monoisotopic (exact) mass is 353 g/mol.